The zero-order valence-corrected chi connectivity index (χ0v) is 30.4. The zero-order chi connectivity index (χ0) is 36.5. The smallest absolute Gasteiger partial charge is 0.414 e. The molecule has 4 aliphatic heterocycles. The molecule has 49 heavy (non-hydrogen) atoms. The monoisotopic (exact) mass is 741 g/mol. The molecule has 0 saturated carbocycles. The number of carbonyl (C=O) groups is 4. The summed E-state index contributed by atoms with van der Waals surface area (Å²) < 4.78 is 3.13. The lowest BCUT2D eigenvalue weighted by atomic mass is 9.79. The maximum atomic E-state index is 14.0. The minimum absolute atomic E-state index is 0.0232. The van der Waals surface area contributed by atoms with Gasteiger partial charge in [0, 0.05) is 24.9 Å². The van der Waals surface area contributed by atoms with Crippen LogP contribution >= 0.6 is 34.8 Å². The van der Waals surface area contributed by atoms with Crippen molar-refractivity contribution >= 4 is 64.6 Å². The van der Waals surface area contributed by atoms with E-state index in [0.29, 0.717) is 5.56 Å². The number of alkyl halides is 3. The van der Waals surface area contributed by atoms with E-state index in [2.05, 4.69) is 38.9 Å². The largest absolute Gasteiger partial charge is 0.445 e. The number of aliphatic imine (C=N–C) groups is 1. The molecule has 1 spiro atoms. The lowest BCUT2D eigenvalue weighted by molar-refractivity contribution is -0.231. The molecule has 17 heteroatoms. The second-order valence-corrected chi connectivity index (χ2v) is 17.4. The van der Waals surface area contributed by atoms with Crippen LogP contribution in [0.1, 0.15) is 75.9 Å². The Hall–Kier alpha value is -3.30. The van der Waals surface area contributed by atoms with Crippen LogP contribution in [0.4, 0.5) is 4.79 Å². The maximum Gasteiger partial charge on any atom is 0.414 e. The highest BCUT2D eigenvalue weighted by molar-refractivity contribution is 6.67. The fourth-order valence-electron chi connectivity index (χ4n) is 6.59. The summed E-state index contributed by atoms with van der Waals surface area (Å²) in [5.41, 5.74) is -0.343. The second kappa shape index (κ2) is 12.5. The molecule has 0 bridgehead atoms. The maximum absolute atomic E-state index is 14.0. The first-order valence-electron chi connectivity index (χ1n) is 15.8. The number of nitrogens with zero attached hydrogens (tertiary/aromatic N) is 3. The number of carbonyl (C=O) groups excluding carboxylic acids is 4. The molecule has 0 unspecified atom stereocenters. The Morgan fingerprint density at radius 3 is 2.14 bits per heavy atom. The number of ether oxygens (including phenoxy) is 1. The third kappa shape index (κ3) is 7.03. The van der Waals surface area contributed by atoms with Gasteiger partial charge in [-0.2, -0.15) is 0 Å². The Kier molecular flexibility index (Phi) is 9.42. The molecule has 4 heterocycles. The molecule has 268 valence electrons. The fourth-order valence-corrected chi connectivity index (χ4v) is 6.75. The molecule has 4 atom stereocenters. The molecule has 3 saturated heterocycles. The molecule has 4 aliphatic rings. The average Bonchev–Trinajstić information content (AvgIpc) is 3.57. The molecular weight excluding hydrogens is 701 g/mol. The van der Waals surface area contributed by atoms with Crippen LogP contribution < -0.4 is 21.3 Å². The third-order valence-electron chi connectivity index (χ3n) is 9.23. The van der Waals surface area contributed by atoms with Gasteiger partial charge in [-0.15, -0.1) is 0 Å². The summed E-state index contributed by atoms with van der Waals surface area (Å²) in [4.78, 5) is 59.1. The number of hydrogen-bond acceptors (Lipinski definition) is 11. The number of imide groups is 1. The Balaban J connectivity index is 1.53. The fraction of sp³-hybridized carbons (Fsp3) is 0.594. The van der Waals surface area contributed by atoms with Gasteiger partial charge in [0.25, 0.3) is 5.91 Å². The zero-order valence-electron chi connectivity index (χ0n) is 28.1. The van der Waals surface area contributed by atoms with Crippen LogP contribution in [0.25, 0.3) is 0 Å². The third-order valence-corrected chi connectivity index (χ3v) is 9.55. The topological polar surface area (TPSA) is 185 Å². The minimum atomic E-state index is -2.77. The highest BCUT2D eigenvalue weighted by Gasteiger charge is 2.74. The van der Waals surface area contributed by atoms with E-state index >= 15 is 0 Å². The van der Waals surface area contributed by atoms with E-state index in [1.165, 1.54) is 4.90 Å². The molecule has 1 aromatic rings. The van der Waals surface area contributed by atoms with Crippen LogP contribution in [-0.4, -0.2) is 103 Å². The number of halogens is 3. The van der Waals surface area contributed by atoms with E-state index in [9.17, 15) is 29.4 Å². The number of nitrogens with one attached hydrogen (secondary N) is 4. The van der Waals surface area contributed by atoms with Crippen LogP contribution in [0.3, 0.4) is 0 Å². The number of likely N-dealkylation sites (tertiary alicyclic amines) is 1. The van der Waals surface area contributed by atoms with Crippen molar-refractivity contribution in [2.75, 3.05) is 19.7 Å². The summed E-state index contributed by atoms with van der Waals surface area (Å²) in [5.74, 6) is -4.21. The van der Waals surface area contributed by atoms with E-state index in [1.54, 1.807) is 12.1 Å². The minimum Gasteiger partial charge on any atom is -0.445 e. The molecule has 3 fully saturated rings. The van der Waals surface area contributed by atoms with Gasteiger partial charge in [0.2, 0.25) is 27.4 Å². The number of amides is 4. The van der Waals surface area contributed by atoms with Gasteiger partial charge < -0.3 is 35.8 Å². The van der Waals surface area contributed by atoms with Crippen molar-refractivity contribution in [2.45, 2.75) is 98.6 Å². The van der Waals surface area contributed by atoms with Crippen molar-refractivity contribution in [2.24, 2.45) is 4.99 Å². The normalized spacial score (nSPS) is 26.5. The van der Waals surface area contributed by atoms with Gasteiger partial charge in [-0.05, 0) is 34.1 Å². The standard InChI is InChI=1S/C32H42Cl3N7O7/c1-16-36-24-20(13-41-22(43)8-9-23(41)44)37-26(39-27(46)49-15-30(33,34)35)42-14-21(32(47,48)31(24,42)40-16)38-25(45)17-10-18(28(2,3)4)12-19(11-17)29(5,6)7/h10-12,20-21,24,36,40,47-48H,1,8-9,13-15H2,2-7H3,(H,38,45)(H,37,39,46)/t20-,21-,24-,31-/m0/s1. The molecule has 1 aromatic carbocycles. The highest BCUT2D eigenvalue weighted by Crippen LogP contribution is 2.45. The highest BCUT2D eigenvalue weighted by atomic mass is 35.6. The predicted molar refractivity (Wildman–Crippen MR) is 183 cm³/mol. The lowest BCUT2D eigenvalue weighted by Gasteiger charge is -2.49. The predicted octanol–water partition coefficient (Wildman–Crippen LogP) is 2.09. The molecule has 0 aromatic heterocycles. The van der Waals surface area contributed by atoms with Gasteiger partial charge in [-0.25, -0.2) is 9.79 Å². The molecule has 6 N–H and O–H groups in total. The summed E-state index contributed by atoms with van der Waals surface area (Å²) in [5, 5.41) is 35.5. The number of rotatable bonds is 5. The van der Waals surface area contributed by atoms with Crippen molar-refractivity contribution in [3.63, 3.8) is 0 Å². The quantitative estimate of drug-likeness (QED) is 0.148. The van der Waals surface area contributed by atoms with Crippen LogP contribution in [0.5, 0.6) is 0 Å². The van der Waals surface area contributed by atoms with Crippen LogP contribution in [0.15, 0.2) is 35.6 Å². The van der Waals surface area contributed by atoms with Crippen molar-refractivity contribution in [3.8, 4) is 0 Å². The van der Waals surface area contributed by atoms with E-state index in [0.717, 1.165) is 16.0 Å². The van der Waals surface area contributed by atoms with Gasteiger partial charge in [0.15, 0.2) is 5.66 Å². The summed E-state index contributed by atoms with van der Waals surface area (Å²) >= 11 is 17.2. The SMILES string of the molecule is C=C1N[C@H]2[C@H](CN3C(=O)CCC3=O)N=C(NC(=O)OCC(Cl)(Cl)Cl)N3C[C@H](NC(=O)c4cc(C(C)(C)C)cc(C(C)(C)C)c4)C(O)(O)[C@]23N1. The molecule has 5 rings (SSSR count). The Morgan fingerprint density at radius 2 is 1.61 bits per heavy atom. The lowest BCUT2D eigenvalue weighted by Crippen LogP contribution is -2.78. The Labute approximate surface area is 299 Å². The van der Waals surface area contributed by atoms with Crippen molar-refractivity contribution < 1.29 is 34.1 Å². The summed E-state index contributed by atoms with van der Waals surface area (Å²) in [7, 11) is 0. The first-order valence-corrected chi connectivity index (χ1v) is 16.9. The number of guanidine groups is 1. The Bertz CT molecular complexity index is 1570. The first kappa shape index (κ1) is 37.0. The van der Waals surface area contributed by atoms with Crippen LogP contribution in [0.2, 0.25) is 0 Å². The molecule has 0 aliphatic carbocycles. The summed E-state index contributed by atoms with van der Waals surface area (Å²) in [6, 6.07) is 2.16. The van der Waals surface area contributed by atoms with Crippen molar-refractivity contribution in [1.82, 2.24) is 31.1 Å². The van der Waals surface area contributed by atoms with Crippen LogP contribution in [0, 0.1) is 0 Å². The summed E-state index contributed by atoms with van der Waals surface area (Å²) in [6.45, 7) is 15.0. The molecule has 14 nitrogen and oxygen atoms in total. The van der Waals surface area contributed by atoms with E-state index in [4.69, 9.17) is 39.5 Å². The second-order valence-electron chi connectivity index (χ2n) is 14.9. The van der Waals surface area contributed by atoms with Gasteiger partial charge in [-0.3, -0.25) is 24.6 Å². The van der Waals surface area contributed by atoms with Crippen molar-refractivity contribution in [3.05, 3.63) is 47.3 Å². The van der Waals surface area contributed by atoms with Gasteiger partial charge in [-0.1, -0.05) is 89.0 Å². The molecule has 4 amide bonds. The average molecular weight is 743 g/mol. The van der Waals surface area contributed by atoms with Gasteiger partial charge >= 0.3 is 6.09 Å². The van der Waals surface area contributed by atoms with Crippen LogP contribution in [-0.2, 0) is 25.2 Å². The number of aliphatic hydroxyl groups is 2. The van der Waals surface area contributed by atoms with E-state index < -0.39 is 63.8 Å². The number of hydrogen-bond donors (Lipinski definition) is 6. The van der Waals surface area contributed by atoms with Crippen molar-refractivity contribution in [1.29, 1.82) is 0 Å². The number of alkyl carbamates (subject to hydrolysis) is 1. The van der Waals surface area contributed by atoms with E-state index in [-0.39, 0.29) is 48.5 Å². The molecule has 0 radical (unpaired) electrons. The Morgan fingerprint density at radius 1 is 1.04 bits per heavy atom. The van der Waals surface area contributed by atoms with Gasteiger partial charge in [0.1, 0.15) is 12.6 Å². The first-order chi connectivity index (χ1) is 22.4. The van der Waals surface area contributed by atoms with Gasteiger partial charge in [0.05, 0.1) is 24.4 Å². The number of benzene rings is 1. The summed E-state index contributed by atoms with van der Waals surface area (Å²) in [6.07, 6.45) is -1.04. The molecular formula is C32H42Cl3N7O7. The van der Waals surface area contributed by atoms with E-state index in [1.807, 2.05) is 41.5 Å².